The van der Waals surface area contributed by atoms with Gasteiger partial charge in [0.2, 0.25) is 5.76 Å². The number of nitrogens with one attached hydrogen (secondary N) is 1. The number of carbonyl (C=O) groups is 1. The first-order valence-corrected chi connectivity index (χ1v) is 5.26. The number of ether oxygens (including phenoxy) is 1. The Kier molecular flexibility index (Phi) is 3.57. The molecule has 5 nitrogen and oxygen atoms in total. The molecule has 0 unspecified atom stereocenters. The minimum Gasteiger partial charge on any atom is -0.460 e. The molecule has 0 bridgehead atoms. The molecule has 1 heterocycles. The van der Waals surface area contributed by atoms with Crippen LogP contribution in [0, 0.1) is 6.92 Å². The Labute approximate surface area is 95.2 Å². The van der Waals surface area contributed by atoms with Crippen LogP contribution in [-0.2, 0) is 4.74 Å². The van der Waals surface area contributed by atoms with Gasteiger partial charge in [0.25, 0.3) is 6.01 Å². The lowest BCUT2D eigenvalue weighted by molar-refractivity contribution is 0.0490. The predicted molar refractivity (Wildman–Crippen MR) is 60.6 cm³/mol. The van der Waals surface area contributed by atoms with Gasteiger partial charge in [-0.25, -0.2) is 4.79 Å². The molecule has 0 amide bonds. The van der Waals surface area contributed by atoms with E-state index in [4.69, 9.17) is 9.15 Å². The standard InChI is InChI=1S/C11H18N2O3/c1-6-15-9(14)8-7(2)12-10(16-8)13-11(3,4)5/h6H2,1-5H3,(H,12,13). The van der Waals surface area contributed by atoms with Crippen LogP contribution in [0.25, 0.3) is 0 Å². The van der Waals surface area contributed by atoms with E-state index in [0.717, 1.165) is 0 Å². The van der Waals surface area contributed by atoms with E-state index in [-0.39, 0.29) is 11.3 Å². The third-order valence-electron chi connectivity index (χ3n) is 1.74. The molecular weight excluding hydrogens is 208 g/mol. The van der Waals surface area contributed by atoms with Crippen molar-refractivity contribution in [2.24, 2.45) is 0 Å². The van der Waals surface area contributed by atoms with Crippen molar-refractivity contribution >= 4 is 12.0 Å². The Morgan fingerprint density at radius 1 is 1.50 bits per heavy atom. The second kappa shape index (κ2) is 4.55. The lowest BCUT2D eigenvalue weighted by Gasteiger charge is -2.18. The van der Waals surface area contributed by atoms with Gasteiger partial charge < -0.3 is 14.5 Å². The fraction of sp³-hybridized carbons (Fsp3) is 0.636. The number of hydrogen-bond acceptors (Lipinski definition) is 5. The topological polar surface area (TPSA) is 64.4 Å². The van der Waals surface area contributed by atoms with Gasteiger partial charge in [0.1, 0.15) is 0 Å². The summed E-state index contributed by atoms with van der Waals surface area (Å²) in [5.41, 5.74) is 0.369. The van der Waals surface area contributed by atoms with Crippen LogP contribution in [0.15, 0.2) is 4.42 Å². The van der Waals surface area contributed by atoms with Crippen LogP contribution in [-0.4, -0.2) is 23.1 Å². The maximum absolute atomic E-state index is 11.5. The number of esters is 1. The zero-order chi connectivity index (χ0) is 12.3. The van der Waals surface area contributed by atoms with Crippen molar-refractivity contribution in [2.75, 3.05) is 11.9 Å². The van der Waals surface area contributed by atoms with Crippen molar-refractivity contribution in [3.63, 3.8) is 0 Å². The zero-order valence-electron chi connectivity index (χ0n) is 10.4. The Morgan fingerprint density at radius 3 is 2.62 bits per heavy atom. The quantitative estimate of drug-likeness (QED) is 0.801. The lowest BCUT2D eigenvalue weighted by Crippen LogP contribution is -2.26. The molecule has 1 aromatic rings. The number of rotatable bonds is 3. The van der Waals surface area contributed by atoms with Gasteiger partial charge in [0.15, 0.2) is 0 Å². The van der Waals surface area contributed by atoms with Crippen LogP contribution >= 0.6 is 0 Å². The van der Waals surface area contributed by atoms with Gasteiger partial charge in [-0.05, 0) is 34.6 Å². The molecule has 0 aromatic carbocycles. The van der Waals surface area contributed by atoms with Crippen LogP contribution in [0.4, 0.5) is 6.01 Å². The van der Waals surface area contributed by atoms with Crippen molar-refractivity contribution in [1.29, 1.82) is 0 Å². The Hall–Kier alpha value is -1.52. The fourth-order valence-corrected chi connectivity index (χ4v) is 1.16. The second-order valence-electron chi connectivity index (χ2n) is 4.53. The van der Waals surface area contributed by atoms with E-state index in [2.05, 4.69) is 10.3 Å². The molecule has 0 fully saturated rings. The maximum atomic E-state index is 11.5. The lowest BCUT2D eigenvalue weighted by atomic mass is 10.1. The number of aryl methyl sites for hydroxylation is 1. The van der Waals surface area contributed by atoms with Crippen molar-refractivity contribution in [3.05, 3.63) is 11.5 Å². The average molecular weight is 226 g/mol. The molecule has 90 valence electrons. The smallest absolute Gasteiger partial charge is 0.376 e. The highest BCUT2D eigenvalue weighted by atomic mass is 16.5. The fourth-order valence-electron chi connectivity index (χ4n) is 1.16. The first kappa shape index (κ1) is 12.5. The largest absolute Gasteiger partial charge is 0.460 e. The monoisotopic (exact) mass is 226 g/mol. The summed E-state index contributed by atoms with van der Waals surface area (Å²) in [6.07, 6.45) is 0. The van der Waals surface area contributed by atoms with Crippen LogP contribution in [0.1, 0.15) is 43.9 Å². The Balaban J connectivity index is 2.86. The van der Waals surface area contributed by atoms with Gasteiger partial charge in [-0.2, -0.15) is 4.98 Å². The molecule has 0 saturated carbocycles. The Bertz CT molecular complexity index is 377. The van der Waals surface area contributed by atoms with Crippen LogP contribution in [0.5, 0.6) is 0 Å². The second-order valence-corrected chi connectivity index (χ2v) is 4.53. The van der Waals surface area contributed by atoms with E-state index in [1.807, 2.05) is 20.8 Å². The molecular formula is C11H18N2O3. The van der Waals surface area contributed by atoms with Crippen molar-refractivity contribution in [3.8, 4) is 0 Å². The van der Waals surface area contributed by atoms with Crippen LogP contribution < -0.4 is 5.32 Å². The molecule has 1 rings (SSSR count). The molecule has 0 saturated heterocycles. The van der Waals surface area contributed by atoms with Crippen molar-refractivity contribution in [1.82, 2.24) is 4.98 Å². The highest BCUT2D eigenvalue weighted by Crippen LogP contribution is 2.18. The van der Waals surface area contributed by atoms with E-state index in [9.17, 15) is 4.79 Å². The number of aromatic nitrogens is 1. The number of oxazole rings is 1. The van der Waals surface area contributed by atoms with E-state index >= 15 is 0 Å². The molecule has 16 heavy (non-hydrogen) atoms. The summed E-state index contributed by atoms with van der Waals surface area (Å²) in [4.78, 5) is 15.6. The maximum Gasteiger partial charge on any atom is 0.376 e. The number of hydrogen-bond donors (Lipinski definition) is 1. The molecule has 1 aromatic heterocycles. The molecule has 0 aliphatic carbocycles. The third kappa shape index (κ3) is 3.25. The summed E-state index contributed by atoms with van der Waals surface area (Å²) in [5, 5.41) is 3.05. The minimum absolute atomic E-state index is 0.161. The SMILES string of the molecule is CCOC(=O)c1oc(NC(C)(C)C)nc1C. The first-order chi connectivity index (χ1) is 7.33. The summed E-state index contributed by atoms with van der Waals surface area (Å²) in [6, 6.07) is 0.341. The number of nitrogens with zero attached hydrogens (tertiary/aromatic N) is 1. The Morgan fingerprint density at radius 2 is 2.12 bits per heavy atom. The molecule has 0 aliphatic rings. The number of carbonyl (C=O) groups excluding carboxylic acids is 1. The van der Waals surface area contributed by atoms with Crippen LogP contribution in [0.3, 0.4) is 0 Å². The van der Waals surface area contributed by atoms with Gasteiger partial charge >= 0.3 is 5.97 Å². The molecule has 0 atom stereocenters. The molecule has 5 heteroatoms. The van der Waals surface area contributed by atoms with E-state index < -0.39 is 5.97 Å². The highest BCUT2D eigenvalue weighted by molar-refractivity contribution is 5.87. The first-order valence-electron chi connectivity index (χ1n) is 5.26. The van der Waals surface area contributed by atoms with Gasteiger partial charge in [0, 0.05) is 5.54 Å². The van der Waals surface area contributed by atoms with E-state index in [0.29, 0.717) is 18.3 Å². The average Bonchev–Trinajstić information content (AvgIpc) is 2.44. The predicted octanol–water partition coefficient (Wildman–Crippen LogP) is 2.37. The molecule has 0 aliphatic heterocycles. The van der Waals surface area contributed by atoms with Gasteiger partial charge in [0.05, 0.1) is 12.3 Å². The van der Waals surface area contributed by atoms with Crippen molar-refractivity contribution in [2.45, 2.75) is 40.2 Å². The van der Waals surface area contributed by atoms with Gasteiger partial charge in [-0.1, -0.05) is 0 Å². The minimum atomic E-state index is -0.477. The van der Waals surface area contributed by atoms with E-state index in [1.165, 1.54) is 0 Å². The summed E-state index contributed by atoms with van der Waals surface area (Å²) >= 11 is 0. The molecule has 0 radical (unpaired) electrons. The summed E-state index contributed by atoms with van der Waals surface area (Å²) < 4.78 is 10.2. The molecule has 0 spiro atoms. The normalized spacial score (nSPS) is 11.3. The van der Waals surface area contributed by atoms with E-state index in [1.54, 1.807) is 13.8 Å². The summed E-state index contributed by atoms with van der Waals surface area (Å²) in [6.45, 7) is 9.73. The van der Waals surface area contributed by atoms with Gasteiger partial charge in [-0.3, -0.25) is 0 Å². The van der Waals surface area contributed by atoms with Crippen molar-refractivity contribution < 1.29 is 13.9 Å². The third-order valence-corrected chi connectivity index (χ3v) is 1.74. The van der Waals surface area contributed by atoms with Crippen LogP contribution in [0.2, 0.25) is 0 Å². The highest BCUT2D eigenvalue weighted by Gasteiger charge is 2.20. The zero-order valence-corrected chi connectivity index (χ0v) is 10.4. The number of anilines is 1. The summed E-state index contributed by atoms with van der Waals surface area (Å²) in [7, 11) is 0. The molecule has 1 N–H and O–H groups in total. The van der Waals surface area contributed by atoms with Gasteiger partial charge in [-0.15, -0.1) is 0 Å². The summed E-state index contributed by atoms with van der Waals surface area (Å²) in [5.74, 6) is -0.317.